The first-order valence-corrected chi connectivity index (χ1v) is 7.18. The van der Waals surface area contributed by atoms with Gasteiger partial charge in [-0.3, -0.25) is 9.88 Å². The molecule has 0 unspecified atom stereocenters. The Kier molecular flexibility index (Phi) is 4.31. The molecule has 104 valence electrons. The zero-order valence-corrected chi connectivity index (χ0v) is 12.0. The monoisotopic (exact) mass is 288 g/mol. The molecule has 4 heteroatoms. The maximum absolute atomic E-state index is 6.26. The highest BCUT2D eigenvalue weighted by Crippen LogP contribution is 2.28. The van der Waals surface area contributed by atoms with Crippen molar-refractivity contribution in [3.8, 4) is 0 Å². The third kappa shape index (κ3) is 3.18. The summed E-state index contributed by atoms with van der Waals surface area (Å²) in [4.78, 5) is 6.55. The first kappa shape index (κ1) is 13.6. The highest BCUT2D eigenvalue weighted by atomic mass is 35.5. The largest absolute Gasteiger partial charge is 0.371 e. The number of benzene rings is 1. The van der Waals surface area contributed by atoms with E-state index in [0.29, 0.717) is 0 Å². The van der Waals surface area contributed by atoms with Crippen LogP contribution in [-0.2, 0) is 11.3 Å². The quantitative estimate of drug-likeness (QED) is 0.866. The lowest BCUT2D eigenvalue weighted by atomic mass is 10.1. The topological polar surface area (TPSA) is 25.4 Å². The SMILES string of the molecule is Clc1ccccc1[C@H]1CN(Cc2cccnc2)CCO1. The molecular formula is C16H17ClN2O. The molecule has 1 atom stereocenters. The number of hydrogen-bond donors (Lipinski definition) is 0. The van der Waals surface area contributed by atoms with Gasteiger partial charge in [-0.05, 0) is 17.7 Å². The lowest BCUT2D eigenvalue weighted by Crippen LogP contribution is -2.37. The number of nitrogens with zero attached hydrogens (tertiary/aromatic N) is 2. The molecule has 1 aliphatic heterocycles. The molecule has 2 heterocycles. The molecule has 0 saturated carbocycles. The number of halogens is 1. The minimum atomic E-state index is 0.0501. The lowest BCUT2D eigenvalue weighted by molar-refractivity contribution is -0.0329. The fourth-order valence-electron chi connectivity index (χ4n) is 2.52. The van der Waals surface area contributed by atoms with Crippen LogP contribution in [-0.4, -0.2) is 29.6 Å². The summed E-state index contributed by atoms with van der Waals surface area (Å²) < 4.78 is 5.87. The van der Waals surface area contributed by atoms with E-state index < -0.39 is 0 Å². The van der Waals surface area contributed by atoms with Gasteiger partial charge in [0.25, 0.3) is 0 Å². The van der Waals surface area contributed by atoms with Gasteiger partial charge in [0.15, 0.2) is 0 Å². The van der Waals surface area contributed by atoms with E-state index in [4.69, 9.17) is 16.3 Å². The Hall–Kier alpha value is -1.42. The second kappa shape index (κ2) is 6.35. The standard InChI is InChI=1S/C16H17ClN2O/c17-15-6-2-1-5-14(15)16-12-19(8-9-20-16)11-13-4-3-7-18-10-13/h1-7,10,16H,8-9,11-12H2/t16-/m1/s1. The Balaban J connectivity index is 1.69. The van der Waals surface area contributed by atoms with Crippen molar-refractivity contribution in [2.24, 2.45) is 0 Å². The fraction of sp³-hybridized carbons (Fsp3) is 0.312. The highest BCUT2D eigenvalue weighted by molar-refractivity contribution is 6.31. The van der Waals surface area contributed by atoms with E-state index in [0.717, 1.165) is 36.8 Å². The van der Waals surface area contributed by atoms with E-state index in [-0.39, 0.29) is 6.10 Å². The second-order valence-electron chi connectivity index (χ2n) is 4.98. The molecule has 20 heavy (non-hydrogen) atoms. The number of pyridine rings is 1. The predicted molar refractivity (Wildman–Crippen MR) is 79.7 cm³/mol. The summed E-state index contributed by atoms with van der Waals surface area (Å²) in [6.45, 7) is 3.43. The van der Waals surface area contributed by atoms with E-state index >= 15 is 0 Å². The predicted octanol–water partition coefficient (Wildman–Crippen LogP) is 3.31. The minimum absolute atomic E-state index is 0.0501. The molecule has 0 amide bonds. The summed E-state index contributed by atoms with van der Waals surface area (Å²) in [7, 11) is 0. The van der Waals surface area contributed by atoms with Gasteiger partial charge in [0.2, 0.25) is 0 Å². The van der Waals surface area contributed by atoms with Crippen LogP contribution in [0.15, 0.2) is 48.8 Å². The third-order valence-electron chi connectivity index (χ3n) is 3.53. The van der Waals surface area contributed by atoms with Crippen molar-refractivity contribution in [1.29, 1.82) is 0 Å². The number of aromatic nitrogens is 1. The van der Waals surface area contributed by atoms with Crippen molar-refractivity contribution in [3.63, 3.8) is 0 Å². The zero-order chi connectivity index (χ0) is 13.8. The molecule has 1 aromatic carbocycles. The second-order valence-corrected chi connectivity index (χ2v) is 5.38. The zero-order valence-electron chi connectivity index (χ0n) is 11.2. The molecule has 0 spiro atoms. The van der Waals surface area contributed by atoms with Crippen LogP contribution in [0.25, 0.3) is 0 Å². The summed E-state index contributed by atoms with van der Waals surface area (Å²) in [6.07, 6.45) is 3.77. The van der Waals surface area contributed by atoms with E-state index in [2.05, 4.69) is 16.0 Å². The Morgan fingerprint density at radius 1 is 1.25 bits per heavy atom. The molecule has 3 nitrogen and oxygen atoms in total. The maximum atomic E-state index is 6.26. The van der Waals surface area contributed by atoms with Gasteiger partial charge in [0.05, 0.1) is 12.7 Å². The highest BCUT2D eigenvalue weighted by Gasteiger charge is 2.23. The van der Waals surface area contributed by atoms with Gasteiger partial charge < -0.3 is 4.74 Å². The Morgan fingerprint density at radius 3 is 2.95 bits per heavy atom. The van der Waals surface area contributed by atoms with Crippen LogP contribution in [0.1, 0.15) is 17.2 Å². The Morgan fingerprint density at radius 2 is 2.15 bits per heavy atom. The molecule has 0 radical (unpaired) electrons. The van der Waals surface area contributed by atoms with Crippen molar-refractivity contribution in [1.82, 2.24) is 9.88 Å². The van der Waals surface area contributed by atoms with Crippen LogP contribution < -0.4 is 0 Å². The van der Waals surface area contributed by atoms with Crippen molar-refractivity contribution < 1.29 is 4.74 Å². The lowest BCUT2D eigenvalue weighted by Gasteiger charge is -2.33. The smallest absolute Gasteiger partial charge is 0.0966 e. The first-order chi connectivity index (χ1) is 9.83. The molecule has 0 bridgehead atoms. The summed E-state index contributed by atoms with van der Waals surface area (Å²) in [5.41, 5.74) is 2.30. The summed E-state index contributed by atoms with van der Waals surface area (Å²) in [5.74, 6) is 0. The Labute approximate surface area is 124 Å². The molecule has 1 aromatic heterocycles. The molecule has 0 N–H and O–H groups in total. The average Bonchev–Trinajstić information content (AvgIpc) is 2.49. The molecule has 2 aromatic rings. The van der Waals surface area contributed by atoms with Gasteiger partial charge in [-0.1, -0.05) is 35.9 Å². The molecule has 1 aliphatic rings. The van der Waals surface area contributed by atoms with E-state index in [1.807, 2.05) is 36.5 Å². The van der Waals surface area contributed by atoms with Crippen LogP contribution in [0, 0.1) is 0 Å². The van der Waals surface area contributed by atoms with Gasteiger partial charge in [-0.15, -0.1) is 0 Å². The Bertz CT molecular complexity index is 561. The van der Waals surface area contributed by atoms with Crippen LogP contribution in [0.2, 0.25) is 5.02 Å². The minimum Gasteiger partial charge on any atom is -0.371 e. The normalized spacial score (nSPS) is 19.9. The molecule has 1 saturated heterocycles. The third-order valence-corrected chi connectivity index (χ3v) is 3.88. The van der Waals surface area contributed by atoms with E-state index in [1.54, 1.807) is 6.20 Å². The van der Waals surface area contributed by atoms with Crippen LogP contribution in [0.4, 0.5) is 0 Å². The van der Waals surface area contributed by atoms with Gasteiger partial charge in [-0.25, -0.2) is 0 Å². The summed E-state index contributed by atoms with van der Waals surface area (Å²) in [5, 5.41) is 0.778. The number of hydrogen-bond acceptors (Lipinski definition) is 3. The van der Waals surface area contributed by atoms with Crippen molar-refractivity contribution in [2.75, 3.05) is 19.7 Å². The van der Waals surface area contributed by atoms with Crippen LogP contribution in [0.5, 0.6) is 0 Å². The fourth-order valence-corrected chi connectivity index (χ4v) is 2.78. The summed E-state index contributed by atoms with van der Waals surface area (Å²) in [6, 6.07) is 12.0. The van der Waals surface area contributed by atoms with Crippen LogP contribution >= 0.6 is 11.6 Å². The number of rotatable bonds is 3. The van der Waals surface area contributed by atoms with Crippen molar-refractivity contribution >= 4 is 11.6 Å². The van der Waals surface area contributed by atoms with Gasteiger partial charge in [0, 0.05) is 42.6 Å². The van der Waals surface area contributed by atoms with Crippen molar-refractivity contribution in [3.05, 3.63) is 64.9 Å². The molecule has 1 fully saturated rings. The number of morpholine rings is 1. The first-order valence-electron chi connectivity index (χ1n) is 6.80. The molecule has 0 aliphatic carbocycles. The maximum Gasteiger partial charge on any atom is 0.0966 e. The van der Waals surface area contributed by atoms with E-state index in [9.17, 15) is 0 Å². The van der Waals surface area contributed by atoms with Crippen molar-refractivity contribution in [2.45, 2.75) is 12.6 Å². The van der Waals surface area contributed by atoms with E-state index in [1.165, 1.54) is 5.56 Å². The average molecular weight is 289 g/mol. The van der Waals surface area contributed by atoms with Gasteiger partial charge in [0.1, 0.15) is 0 Å². The molecule has 3 rings (SSSR count). The van der Waals surface area contributed by atoms with Crippen LogP contribution in [0.3, 0.4) is 0 Å². The number of ether oxygens (including phenoxy) is 1. The van der Waals surface area contributed by atoms with Gasteiger partial charge >= 0.3 is 0 Å². The van der Waals surface area contributed by atoms with Gasteiger partial charge in [-0.2, -0.15) is 0 Å². The molecular weight excluding hydrogens is 272 g/mol. The summed E-state index contributed by atoms with van der Waals surface area (Å²) >= 11 is 6.26.